The molecule has 0 saturated carbocycles. The molecule has 0 fully saturated rings. The molecule has 0 saturated heterocycles. The Bertz CT molecular complexity index is 1440. The lowest BCUT2D eigenvalue weighted by atomic mass is 10.1. The van der Waals surface area contributed by atoms with E-state index in [0.29, 0.717) is 17.0 Å². The number of esters is 1. The Morgan fingerprint density at radius 2 is 1.90 bits per heavy atom. The molecule has 0 aliphatic carbocycles. The van der Waals surface area contributed by atoms with Crippen LogP contribution in [0.25, 0.3) is 32.3 Å². The Labute approximate surface area is 182 Å². The van der Waals surface area contributed by atoms with Gasteiger partial charge in [0.25, 0.3) is 0 Å². The van der Waals surface area contributed by atoms with E-state index in [-0.39, 0.29) is 19.0 Å². The lowest BCUT2D eigenvalue weighted by Crippen LogP contribution is -2.07. The Hall–Kier alpha value is -3.95. The van der Waals surface area contributed by atoms with Crippen LogP contribution in [0.3, 0.4) is 0 Å². The molecule has 0 aliphatic rings. The highest BCUT2D eigenvalue weighted by molar-refractivity contribution is 7.13. The molecule has 5 aromatic rings. The molecule has 0 unspecified atom stereocenters. The van der Waals surface area contributed by atoms with Crippen LogP contribution in [0, 0.1) is 11.3 Å². The standard InChI is InChI=1S/C25H16N2O3S/c26-13-16-5-7-18(8-6-16)25-27-19(15-31-25)14-29-24(28)12-20-11-22-21-4-2-1-3-17(21)9-10-23(22)30-20/h1-11,15H,12,14H2. The zero-order chi connectivity index (χ0) is 21.2. The topological polar surface area (TPSA) is 76.1 Å². The molecule has 5 rings (SSSR count). The summed E-state index contributed by atoms with van der Waals surface area (Å²) in [4.78, 5) is 16.9. The van der Waals surface area contributed by atoms with Gasteiger partial charge in [0.1, 0.15) is 29.4 Å². The predicted octanol–water partition coefficient (Wildman–Crippen LogP) is 5.87. The average Bonchev–Trinajstić information content (AvgIpc) is 3.44. The molecule has 0 aliphatic heterocycles. The molecule has 2 aromatic heterocycles. The summed E-state index contributed by atoms with van der Waals surface area (Å²) in [5.41, 5.74) is 2.98. The first-order valence-corrected chi connectivity index (χ1v) is 10.6. The van der Waals surface area contributed by atoms with E-state index >= 15 is 0 Å². The van der Waals surface area contributed by atoms with Gasteiger partial charge in [-0.25, -0.2) is 4.98 Å². The van der Waals surface area contributed by atoms with Crippen molar-refractivity contribution in [3.8, 4) is 16.6 Å². The van der Waals surface area contributed by atoms with Gasteiger partial charge in [-0.1, -0.05) is 42.5 Å². The van der Waals surface area contributed by atoms with Crippen LogP contribution in [0.15, 0.2) is 76.5 Å². The summed E-state index contributed by atoms with van der Waals surface area (Å²) in [7, 11) is 0. The van der Waals surface area contributed by atoms with Gasteiger partial charge in [-0.3, -0.25) is 4.79 Å². The van der Waals surface area contributed by atoms with Gasteiger partial charge in [0.05, 0.1) is 17.3 Å². The third-order valence-electron chi connectivity index (χ3n) is 4.99. The highest BCUT2D eigenvalue weighted by Gasteiger charge is 2.13. The largest absolute Gasteiger partial charge is 0.460 e. The lowest BCUT2D eigenvalue weighted by Gasteiger charge is -2.01. The highest BCUT2D eigenvalue weighted by atomic mass is 32.1. The molecule has 0 N–H and O–H groups in total. The van der Waals surface area contributed by atoms with Crippen molar-refractivity contribution in [2.45, 2.75) is 13.0 Å². The molecule has 0 bridgehead atoms. The smallest absolute Gasteiger partial charge is 0.313 e. The van der Waals surface area contributed by atoms with Gasteiger partial charge in [-0.05, 0) is 35.0 Å². The summed E-state index contributed by atoms with van der Waals surface area (Å²) in [5, 5.41) is 14.8. The third kappa shape index (κ3) is 3.91. The Kier molecular flexibility index (Phi) is 4.95. The normalized spacial score (nSPS) is 10.9. The van der Waals surface area contributed by atoms with E-state index in [1.54, 1.807) is 12.1 Å². The second kappa shape index (κ2) is 8.05. The number of rotatable bonds is 5. The average molecular weight is 424 g/mol. The molecule has 150 valence electrons. The lowest BCUT2D eigenvalue weighted by molar-refractivity contribution is -0.144. The first kappa shape index (κ1) is 19.0. The van der Waals surface area contributed by atoms with Gasteiger partial charge >= 0.3 is 5.97 Å². The predicted molar refractivity (Wildman–Crippen MR) is 119 cm³/mol. The molecule has 5 nitrogen and oxygen atoms in total. The minimum absolute atomic E-state index is 0.0651. The number of aromatic nitrogens is 1. The fourth-order valence-corrected chi connectivity index (χ4v) is 4.28. The summed E-state index contributed by atoms with van der Waals surface area (Å²) in [6.07, 6.45) is 0.0651. The number of nitriles is 1. The van der Waals surface area contributed by atoms with Crippen LogP contribution in [-0.4, -0.2) is 11.0 Å². The maximum absolute atomic E-state index is 12.3. The van der Waals surface area contributed by atoms with E-state index in [1.807, 2.05) is 53.9 Å². The highest BCUT2D eigenvalue weighted by Crippen LogP contribution is 2.28. The van der Waals surface area contributed by atoms with E-state index in [9.17, 15) is 4.79 Å². The van der Waals surface area contributed by atoms with Crippen LogP contribution >= 0.6 is 11.3 Å². The van der Waals surface area contributed by atoms with Crippen molar-refractivity contribution < 1.29 is 13.9 Å². The molecule has 0 radical (unpaired) electrons. The van der Waals surface area contributed by atoms with Crippen LogP contribution in [0.1, 0.15) is 17.0 Å². The van der Waals surface area contributed by atoms with Crippen molar-refractivity contribution in [1.29, 1.82) is 5.26 Å². The summed E-state index contributed by atoms with van der Waals surface area (Å²) >= 11 is 1.47. The fraction of sp³-hybridized carbons (Fsp3) is 0.0800. The third-order valence-corrected chi connectivity index (χ3v) is 5.93. The van der Waals surface area contributed by atoms with Crippen molar-refractivity contribution >= 4 is 39.0 Å². The molecule has 0 atom stereocenters. The van der Waals surface area contributed by atoms with Crippen molar-refractivity contribution in [3.63, 3.8) is 0 Å². The fourth-order valence-electron chi connectivity index (χ4n) is 3.47. The molecule has 31 heavy (non-hydrogen) atoms. The zero-order valence-corrected chi connectivity index (χ0v) is 17.2. The van der Waals surface area contributed by atoms with Crippen LogP contribution in [0.5, 0.6) is 0 Å². The molecular formula is C25H16N2O3S. The minimum Gasteiger partial charge on any atom is -0.460 e. The van der Waals surface area contributed by atoms with Crippen LogP contribution in [-0.2, 0) is 22.6 Å². The second-order valence-corrected chi connectivity index (χ2v) is 7.94. The molecule has 0 spiro atoms. The van der Waals surface area contributed by atoms with Gasteiger partial charge < -0.3 is 9.15 Å². The molecule has 6 heteroatoms. The van der Waals surface area contributed by atoms with Gasteiger partial charge in [0, 0.05) is 16.3 Å². The van der Waals surface area contributed by atoms with E-state index < -0.39 is 0 Å². The van der Waals surface area contributed by atoms with Crippen molar-refractivity contribution in [2.24, 2.45) is 0 Å². The number of hydrogen-bond donors (Lipinski definition) is 0. The van der Waals surface area contributed by atoms with E-state index in [0.717, 1.165) is 32.3 Å². The van der Waals surface area contributed by atoms with E-state index in [1.165, 1.54) is 11.3 Å². The van der Waals surface area contributed by atoms with Crippen molar-refractivity contribution in [3.05, 3.63) is 89.1 Å². The first-order chi connectivity index (χ1) is 15.2. The summed E-state index contributed by atoms with van der Waals surface area (Å²) < 4.78 is 11.2. The van der Waals surface area contributed by atoms with Crippen molar-refractivity contribution in [2.75, 3.05) is 0 Å². The number of nitrogens with zero attached hydrogens (tertiary/aromatic N) is 2. The second-order valence-electron chi connectivity index (χ2n) is 7.08. The Morgan fingerprint density at radius 1 is 1.06 bits per heavy atom. The number of carbonyl (C=O) groups excluding carboxylic acids is 1. The number of fused-ring (bicyclic) bond motifs is 3. The number of carbonyl (C=O) groups is 1. The van der Waals surface area contributed by atoms with Crippen molar-refractivity contribution in [1.82, 2.24) is 4.98 Å². The number of benzene rings is 3. The minimum atomic E-state index is -0.365. The molecule has 2 heterocycles. The van der Waals surface area contributed by atoms with Gasteiger partial charge in [-0.2, -0.15) is 5.26 Å². The number of thiazole rings is 1. The number of furan rings is 1. The summed E-state index contributed by atoms with van der Waals surface area (Å²) in [6.45, 7) is 0.106. The molecule has 0 amide bonds. The Morgan fingerprint density at radius 3 is 2.74 bits per heavy atom. The maximum atomic E-state index is 12.3. The van der Waals surface area contributed by atoms with Gasteiger partial charge in [0.2, 0.25) is 0 Å². The van der Waals surface area contributed by atoms with E-state index in [2.05, 4.69) is 17.1 Å². The SMILES string of the molecule is N#Cc1ccc(-c2nc(COC(=O)Cc3cc4c(ccc5ccccc54)o3)cs2)cc1. The quantitative estimate of drug-likeness (QED) is 0.330. The van der Waals surface area contributed by atoms with Crippen LogP contribution in [0.4, 0.5) is 0 Å². The summed E-state index contributed by atoms with van der Waals surface area (Å²) in [5.74, 6) is 0.212. The molecular weight excluding hydrogens is 408 g/mol. The van der Waals surface area contributed by atoms with E-state index in [4.69, 9.17) is 14.4 Å². The van der Waals surface area contributed by atoms with Crippen LogP contribution < -0.4 is 0 Å². The first-order valence-electron chi connectivity index (χ1n) is 9.70. The van der Waals surface area contributed by atoms with Gasteiger partial charge in [0.15, 0.2) is 0 Å². The van der Waals surface area contributed by atoms with Gasteiger partial charge in [-0.15, -0.1) is 11.3 Å². The number of hydrogen-bond acceptors (Lipinski definition) is 6. The maximum Gasteiger partial charge on any atom is 0.313 e. The molecule has 3 aromatic carbocycles. The Balaban J connectivity index is 1.25. The number of ether oxygens (including phenoxy) is 1. The van der Waals surface area contributed by atoms with Crippen LogP contribution in [0.2, 0.25) is 0 Å². The zero-order valence-electron chi connectivity index (χ0n) is 16.4. The monoisotopic (exact) mass is 424 g/mol. The summed E-state index contributed by atoms with van der Waals surface area (Å²) in [6, 6.07) is 23.3.